The van der Waals surface area contributed by atoms with Crippen molar-refractivity contribution >= 4 is 23.2 Å². The van der Waals surface area contributed by atoms with Gasteiger partial charge in [-0.25, -0.2) is 4.98 Å². The van der Waals surface area contributed by atoms with E-state index < -0.39 is 11.7 Å². The molecule has 0 aliphatic carbocycles. The number of aromatic amines is 1. The molecule has 2 aromatic carbocycles. The van der Waals surface area contributed by atoms with Crippen molar-refractivity contribution in [1.29, 1.82) is 0 Å². The number of hydrogen-bond donors (Lipinski definition) is 1. The second-order valence-corrected chi connectivity index (χ2v) is 6.08. The lowest BCUT2D eigenvalue weighted by molar-refractivity contribution is -0.137. The second-order valence-electron chi connectivity index (χ2n) is 5.24. The van der Waals surface area contributed by atoms with E-state index >= 15 is 0 Å². The summed E-state index contributed by atoms with van der Waals surface area (Å²) in [6, 6.07) is 10.2. The maximum Gasteiger partial charge on any atom is 0.416 e. The van der Waals surface area contributed by atoms with Gasteiger partial charge < -0.3 is 4.98 Å². The maximum atomic E-state index is 12.6. The average Bonchev–Trinajstić information content (AvgIpc) is 2.95. The lowest BCUT2D eigenvalue weighted by Crippen LogP contribution is -2.04. The molecule has 0 saturated heterocycles. The van der Waals surface area contributed by atoms with Crippen LogP contribution in [0.4, 0.5) is 13.2 Å². The van der Waals surface area contributed by atoms with E-state index in [0.717, 1.165) is 29.0 Å². The molecule has 3 aromatic rings. The van der Waals surface area contributed by atoms with Gasteiger partial charge in [-0.2, -0.15) is 13.2 Å². The van der Waals surface area contributed by atoms with Gasteiger partial charge in [0.2, 0.25) is 0 Å². The molecule has 0 bridgehead atoms. The van der Waals surface area contributed by atoms with E-state index in [4.69, 9.17) is 23.2 Å². The Labute approximate surface area is 146 Å². The van der Waals surface area contributed by atoms with Gasteiger partial charge in [0.15, 0.2) is 0 Å². The summed E-state index contributed by atoms with van der Waals surface area (Å²) in [4.78, 5) is 7.38. The number of hydrogen-bond acceptors (Lipinski definition) is 1. The Morgan fingerprint density at radius 1 is 1.00 bits per heavy atom. The third-order valence-electron chi connectivity index (χ3n) is 3.50. The van der Waals surface area contributed by atoms with Crippen LogP contribution in [0.3, 0.4) is 0 Å². The summed E-state index contributed by atoms with van der Waals surface area (Å²) < 4.78 is 37.7. The average molecular weight is 371 g/mol. The van der Waals surface area contributed by atoms with Crippen molar-refractivity contribution in [3.05, 3.63) is 75.7 Å². The highest BCUT2D eigenvalue weighted by atomic mass is 35.5. The summed E-state index contributed by atoms with van der Waals surface area (Å²) in [5.74, 6) is 0.635. The van der Waals surface area contributed by atoms with Crippen molar-refractivity contribution in [2.45, 2.75) is 12.6 Å². The second kappa shape index (κ2) is 6.49. The molecule has 0 spiro atoms. The molecule has 124 valence electrons. The van der Waals surface area contributed by atoms with Crippen LogP contribution in [0.2, 0.25) is 10.0 Å². The van der Waals surface area contributed by atoms with Crippen molar-refractivity contribution in [3.63, 3.8) is 0 Å². The first-order valence-corrected chi connectivity index (χ1v) is 7.74. The van der Waals surface area contributed by atoms with Gasteiger partial charge in [-0.3, -0.25) is 0 Å². The maximum absolute atomic E-state index is 12.6. The standard InChI is InChI=1S/C17H11Cl2F3N2/c18-12-5-6-13(14(19)8-12)15-9-23-16(24-15)7-10-1-3-11(4-2-10)17(20,21)22/h1-6,8-9H,7H2,(H,23,24). The van der Waals surface area contributed by atoms with Crippen molar-refractivity contribution < 1.29 is 13.2 Å². The fourth-order valence-electron chi connectivity index (χ4n) is 2.30. The highest BCUT2D eigenvalue weighted by Crippen LogP contribution is 2.30. The van der Waals surface area contributed by atoms with Crippen LogP contribution < -0.4 is 0 Å². The summed E-state index contributed by atoms with van der Waals surface area (Å²) in [5, 5.41) is 1.03. The molecule has 1 aromatic heterocycles. The molecule has 0 saturated carbocycles. The highest BCUT2D eigenvalue weighted by Gasteiger charge is 2.29. The van der Waals surface area contributed by atoms with E-state index in [1.807, 2.05) is 0 Å². The summed E-state index contributed by atoms with van der Waals surface area (Å²) in [7, 11) is 0. The van der Waals surface area contributed by atoms with Crippen molar-refractivity contribution in [2.24, 2.45) is 0 Å². The molecule has 0 unspecified atom stereocenters. The van der Waals surface area contributed by atoms with Crippen LogP contribution in [0.5, 0.6) is 0 Å². The van der Waals surface area contributed by atoms with Gasteiger partial charge in [-0.05, 0) is 35.9 Å². The SMILES string of the molecule is FC(F)(F)c1ccc(Cc2ncc(-c3ccc(Cl)cc3Cl)[nH]2)cc1. The minimum atomic E-state index is -4.33. The van der Waals surface area contributed by atoms with Crippen LogP contribution >= 0.6 is 23.2 Å². The normalized spacial score (nSPS) is 11.7. The van der Waals surface area contributed by atoms with Crippen molar-refractivity contribution in [2.75, 3.05) is 0 Å². The predicted molar refractivity (Wildman–Crippen MR) is 88.3 cm³/mol. The Morgan fingerprint density at radius 2 is 1.71 bits per heavy atom. The number of imidazole rings is 1. The van der Waals surface area contributed by atoms with Gasteiger partial charge in [-0.15, -0.1) is 0 Å². The van der Waals surface area contributed by atoms with E-state index in [0.29, 0.717) is 22.3 Å². The molecule has 3 rings (SSSR count). The Balaban J connectivity index is 1.79. The van der Waals surface area contributed by atoms with Crippen molar-refractivity contribution in [1.82, 2.24) is 9.97 Å². The molecular weight excluding hydrogens is 360 g/mol. The molecule has 0 radical (unpaired) electrons. The van der Waals surface area contributed by atoms with Crippen LogP contribution in [-0.2, 0) is 12.6 Å². The minimum Gasteiger partial charge on any atom is -0.342 e. The summed E-state index contributed by atoms with van der Waals surface area (Å²) in [6.07, 6.45) is -2.31. The molecule has 0 fully saturated rings. The summed E-state index contributed by atoms with van der Waals surface area (Å²) in [5.41, 5.74) is 1.54. The molecule has 0 atom stereocenters. The first kappa shape index (κ1) is 16.9. The molecule has 2 nitrogen and oxygen atoms in total. The van der Waals surface area contributed by atoms with Crippen LogP contribution in [0.25, 0.3) is 11.3 Å². The van der Waals surface area contributed by atoms with Gasteiger partial charge in [0.25, 0.3) is 0 Å². The third-order valence-corrected chi connectivity index (χ3v) is 4.05. The highest BCUT2D eigenvalue weighted by molar-refractivity contribution is 6.36. The number of aromatic nitrogens is 2. The Morgan fingerprint density at radius 3 is 2.33 bits per heavy atom. The van der Waals surface area contributed by atoms with E-state index in [9.17, 15) is 13.2 Å². The van der Waals surface area contributed by atoms with E-state index in [-0.39, 0.29) is 0 Å². The summed E-state index contributed by atoms with van der Waals surface area (Å²) >= 11 is 12.0. The zero-order chi connectivity index (χ0) is 17.3. The predicted octanol–water partition coefficient (Wildman–Crippen LogP) is 5.99. The number of rotatable bonds is 3. The van der Waals surface area contributed by atoms with Gasteiger partial charge in [-0.1, -0.05) is 35.3 Å². The van der Waals surface area contributed by atoms with Gasteiger partial charge in [0, 0.05) is 17.0 Å². The molecule has 0 aliphatic rings. The van der Waals surface area contributed by atoms with Crippen LogP contribution in [0, 0.1) is 0 Å². The van der Waals surface area contributed by atoms with Gasteiger partial charge in [0.05, 0.1) is 22.5 Å². The van der Waals surface area contributed by atoms with E-state index in [1.165, 1.54) is 12.1 Å². The fraction of sp³-hybridized carbons (Fsp3) is 0.118. The zero-order valence-corrected chi connectivity index (χ0v) is 13.7. The van der Waals surface area contributed by atoms with E-state index in [1.54, 1.807) is 24.4 Å². The molecular formula is C17H11Cl2F3N2. The third kappa shape index (κ3) is 3.74. The molecule has 1 heterocycles. The molecule has 7 heteroatoms. The topological polar surface area (TPSA) is 28.7 Å². The smallest absolute Gasteiger partial charge is 0.342 e. The summed E-state index contributed by atoms with van der Waals surface area (Å²) in [6.45, 7) is 0. The quantitative estimate of drug-likeness (QED) is 0.602. The molecule has 0 aliphatic heterocycles. The molecule has 1 N–H and O–H groups in total. The first-order valence-electron chi connectivity index (χ1n) is 6.98. The minimum absolute atomic E-state index is 0.392. The Kier molecular flexibility index (Phi) is 4.56. The first-order chi connectivity index (χ1) is 11.3. The van der Waals surface area contributed by atoms with E-state index in [2.05, 4.69) is 9.97 Å². The van der Waals surface area contributed by atoms with Gasteiger partial charge in [0.1, 0.15) is 5.82 Å². The van der Waals surface area contributed by atoms with Crippen molar-refractivity contribution in [3.8, 4) is 11.3 Å². The number of halogens is 5. The lowest BCUT2D eigenvalue weighted by Gasteiger charge is -2.07. The zero-order valence-electron chi connectivity index (χ0n) is 12.2. The Bertz CT molecular complexity index is 855. The number of alkyl halides is 3. The number of benzene rings is 2. The van der Waals surface area contributed by atoms with Gasteiger partial charge >= 0.3 is 6.18 Å². The van der Waals surface area contributed by atoms with Crippen LogP contribution in [0.15, 0.2) is 48.7 Å². The monoisotopic (exact) mass is 370 g/mol. The number of nitrogens with one attached hydrogen (secondary N) is 1. The molecule has 0 amide bonds. The van der Waals surface area contributed by atoms with Crippen LogP contribution in [0.1, 0.15) is 17.0 Å². The fourth-order valence-corrected chi connectivity index (χ4v) is 2.81. The number of H-pyrrole nitrogens is 1. The number of nitrogens with zero attached hydrogens (tertiary/aromatic N) is 1. The molecule has 24 heavy (non-hydrogen) atoms. The van der Waals surface area contributed by atoms with Crippen LogP contribution in [-0.4, -0.2) is 9.97 Å². The largest absolute Gasteiger partial charge is 0.416 e. The Hall–Kier alpha value is -1.98. The lowest BCUT2D eigenvalue weighted by atomic mass is 10.1.